The van der Waals surface area contributed by atoms with Crippen molar-refractivity contribution in [1.82, 2.24) is 0 Å². The fourth-order valence-corrected chi connectivity index (χ4v) is 1.91. The predicted octanol–water partition coefficient (Wildman–Crippen LogP) is 3.09. The van der Waals surface area contributed by atoms with E-state index < -0.39 is 18.0 Å². The third-order valence-corrected chi connectivity index (χ3v) is 3.15. The molecule has 1 N–H and O–H groups in total. The van der Waals surface area contributed by atoms with Crippen molar-refractivity contribution in [2.24, 2.45) is 0 Å². The van der Waals surface area contributed by atoms with Crippen LogP contribution in [0.5, 0.6) is 11.5 Å². The van der Waals surface area contributed by atoms with Crippen molar-refractivity contribution in [3.05, 3.63) is 54.1 Å². The SMILES string of the molecule is COC(=O)c1ccccc1NC(=O)C(F)(F)Oc1ccc(OC)cc1. The molecule has 0 heterocycles. The zero-order valence-electron chi connectivity index (χ0n) is 13.4. The van der Waals surface area contributed by atoms with E-state index in [-0.39, 0.29) is 17.0 Å². The first kappa shape index (κ1) is 18.2. The topological polar surface area (TPSA) is 73.9 Å². The summed E-state index contributed by atoms with van der Waals surface area (Å²) in [5.74, 6) is -2.26. The summed E-state index contributed by atoms with van der Waals surface area (Å²) in [6.07, 6.45) is -4.15. The summed E-state index contributed by atoms with van der Waals surface area (Å²) in [6.45, 7) is 0. The fourth-order valence-electron chi connectivity index (χ4n) is 1.91. The van der Waals surface area contributed by atoms with Crippen molar-refractivity contribution in [3.63, 3.8) is 0 Å². The number of esters is 1. The number of hydrogen-bond donors (Lipinski definition) is 1. The van der Waals surface area contributed by atoms with Gasteiger partial charge in [-0.3, -0.25) is 4.79 Å². The highest BCUT2D eigenvalue weighted by Gasteiger charge is 2.42. The summed E-state index contributed by atoms with van der Waals surface area (Å²) in [6, 6.07) is 10.9. The lowest BCUT2D eigenvalue weighted by molar-refractivity contribution is -0.187. The van der Waals surface area contributed by atoms with Crippen LogP contribution in [0.15, 0.2) is 48.5 Å². The molecule has 0 radical (unpaired) electrons. The average molecular weight is 351 g/mol. The maximum absolute atomic E-state index is 14.0. The van der Waals surface area contributed by atoms with E-state index in [1.165, 1.54) is 55.6 Å². The zero-order valence-corrected chi connectivity index (χ0v) is 13.4. The molecule has 0 aliphatic rings. The van der Waals surface area contributed by atoms with Gasteiger partial charge in [-0.2, -0.15) is 8.78 Å². The van der Waals surface area contributed by atoms with E-state index in [0.29, 0.717) is 5.75 Å². The van der Waals surface area contributed by atoms with E-state index in [1.54, 1.807) is 0 Å². The molecule has 0 fully saturated rings. The minimum atomic E-state index is -4.15. The van der Waals surface area contributed by atoms with Crippen molar-refractivity contribution >= 4 is 17.6 Å². The van der Waals surface area contributed by atoms with Gasteiger partial charge in [0.2, 0.25) is 0 Å². The van der Waals surface area contributed by atoms with Gasteiger partial charge in [-0.1, -0.05) is 12.1 Å². The van der Waals surface area contributed by atoms with Gasteiger partial charge in [0.1, 0.15) is 11.5 Å². The van der Waals surface area contributed by atoms with Crippen LogP contribution in [0.25, 0.3) is 0 Å². The van der Waals surface area contributed by atoms with E-state index in [2.05, 4.69) is 9.47 Å². The second-order valence-electron chi connectivity index (χ2n) is 4.79. The highest BCUT2D eigenvalue weighted by molar-refractivity contribution is 6.02. The number of alkyl halides is 2. The summed E-state index contributed by atoms with van der Waals surface area (Å²) < 4.78 is 41.9. The van der Waals surface area contributed by atoms with Crippen LogP contribution in [0.2, 0.25) is 0 Å². The first-order chi connectivity index (χ1) is 11.9. The molecule has 0 aromatic heterocycles. The lowest BCUT2D eigenvalue weighted by atomic mass is 10.2. The molecule has 0 unspecified atom stereocenters. The molecule has 0 bridgehead atoms. The third kappa shape index (κ3) is 4.43. The van der Waals surface area contributed by atoms with E-state index in [0.717, 1.165) is 7.11 Å². The standard InChI is InChI=1S/C17H15F2NO5/c1-23-11-7-9-12(10-8-11)25-17(18,19)16(22)20-14-6-4-3-5-13(14)15(21)24-2/h3-10H,1-2H3,(H,20,22). The Kier molecular flexibility index (Phi) is 5.53. The molecule has 2 aromatic rings. The number of hydrogen-bond acceptors (Lipinski definition) is 5. The summed E-state index contributed by atoms with van der Waals surface area (Å²) in [5.41, 5.74) is -0.170. The highest BCUT2D eigenvalue weighted by atomic mass is 19.3. The lowest BCUT2D eigenvalue weighted by Crippen LogP contribution is -2.40. The zero-order chi connectivity index (χ0) is 18.4. The quantitative estimate of drug-likeness (QED) is 0.810. The van der Waals surface area contributed by atoms with Crippen LogP contribution >= 0.6 is 0 Å². The summed E-state index contributed by atoms with van der Waals surface area (Å²) in [4.78, 5) is 23.5. The van der Waals surface area contributed by atoms with Crippen LogP contribution in [0, 0.1) is 0 Å². The van der Waals surface area contributed by atoms with Gasteiger partial charge in [0.05, 0.1) is 25.5 Å². The Balaban J connectivity index is 2.14. The third-order valence-electron chi connectivity index (χ3n) is 3.15. The van der Waals surface area contributed by atoms with Crippen molar-refractivity contribution in [1.29, 1.82) is 0 Å². The minimum Gasteiger partial charge on any atom is -0.497 e. The molecule has 8 heteroatoms. The van der Waals surface area contributed by atoms with E-state index in [4.69, 9.17) is 4.74 Å². The molecule has 132 valence electrons. The van der Waals surface area contributed by atoms with Gasteiger partial charge in [-0.05, 0) is 36.4 Å². The van der Waals surface area contributed by atoms with Gasteiger partial charge in [-0.25, -0.2) is 4.79 Å². The van der Waals surface area contributed by atoms with Gasteiger partial charge in [0, 0.05) is 0 Å². The normalized spacial score (nSPS) is 10.7. The monoisotopic (exact) mass is 351 g/mol. The summed E-state index contributed by atoms with van der Waals surface area (Å²) in [7, 11) is 2.57. The van der Waals surface area contributed by atoms with Gasteiger partial charge >= 0.3 is 18.0 Å². The Morgan fingerprint density at radius 3 is 2.16 bits per heavy atom. The Hall–Kier alpha value is -3.16. The van der Waals surface area contributed by atoms with Gasteiger partial charge < -0.3 is 19.5 Å². The van der Waals surface area contributed by atoms with Gasteiger partial charge in [-0.15, -0.1) is 0 Å². The van der Waals surface area contributed by atoms with Crippen LogP contribution in [0.1, 0.15) is 10.4 Å². The Bertz CT molecular complexity index is 762. The van der Waals surface area contributed by atoms with Crippen LogP contribution in [0.3, 0.4) is 0 Å². The lowest BCUT2D eigenvalue weighted by Gasteiger charge is -2.18. The molecule has 2 rings (SSSR count). The molecule has 1 amide bonds. The first-order valence-corrected chi connectivity index (χ1v) is 7.07. The maximum Gasteiger partial charge on any atom is 0.482 e. The number of nitrogens with one attached hydrogen (secondary N) is 1. The predicted molar refractivity (Wildman–Crippen MR) is 85.0 cm³/mol. The maximum atomic E-state index is 14.0. The molecule has 0 atom stereocenters. The largest absolute Gasteiger partial charge is 0.497 e. The number of rotatable bonds is 6. The minimum absolute atomic E-state index is 0.0569. The fraction of sp³-hybridized carbons (Fsp3) is 0.176. The molecule has 0 saturated carbocycles. The molecule has 25 heavy (non-hydrogen) atoms. The summed E-state index contributed by atoms with van der Waals surface area (Å²) in [5, 5.41) is 1.97. The molecular formula is C17H15F2NO5. The Labute approximate surface area is 142 Å². The highest BCUT2D eigenvalue weighted by Crippen LogP contribution is 2.26. The Morgan fingerprint density at radius 2 is 1.56 bits per heavy atom. The Morgan fingerprint density at radius 1 is 0.960 bits per heavy atom. The number of methoxy groups -OCH3 is 2. The van der Waals surface area contributed by atoms with Crippen LogP contribution in [-0.4, -0.2) is 32.2 Å². The van der Waals surface area contributed by atoms with Gasteiger partial charge in [0.25, 0.3) is 0 Å². The first-order valence-electron chi connectivity index (χ1n) is 7.07. The molecule has 0 aliphatic carbocycles. The van der Waals surface area contributed by atoms with Crippen molar-refractivity contribution in [2.75, 3.05) is 19.5 Å². The van der Waals surface area contributed by atoms with Crippen molar-refractivity contribution in [2.45, 2.75) is 6.11 Å². The molecule has 0 saturated heterocycles. The van der Waals surface area contributed by atoms with E-state index in [1.807, 2.05) is 5.32 Å². The molecule has 0 spiro atoms. The van der Waals surface area contributed by atoms with Crippen LogP contribution in [-0.2, 0) is 9.53 Å². The van der Waals surface area contributed by atoms with Gasteiger partial charge in [0.15, 0.2) is 0 Å². The van der Waals surface area contributed by atoms with Crippen molar-refractivity contribution < 1.29 is 32.6 Å². The number of ether oxygens (including phenoxy) is 3. The van der Waals surface area contributed by atoms with Crippen LogP contribution < -0.4 is 14.8 Å². The number of amides is 1. The number of anilines is 1. The number of carbonyl (C=O) groups is 2. The van der Waals surface area contributed by atoms with E-state index in [9.17, 15) is 18.4 Å². The number of para-hydroxylation sites is 1. The number of carbonyl (C=O) groups excluding carboxylic acids is 2. The number of halogens is 2. The number of benzene rings is 2. The van der Waals surface area contributed by atoms with Crippen LogP contribution in [0.4, 0.5) is 14.5 Å². The second kappa shape index (κ2) is 7.61. The summed E-state index contributed by atoms with van der Waals surface area (Å²) >= 11 is 0. The molecule has 2 aromatic carbocycles. The van der Waals surface area contributed by atoms with E-state index >= 15 is 0 Å². The average Bonchev–Trinajstić information content (AvgIpc) is 2.61. The molecule has 0 aliphatic heterocycles. The molecule has 6 nitrogen and oxygen atoms in total. The second-order valence-corrected chi connectivity index (χ2v) is 4.79. The molecular weight excluding hydrogens is 336 g/mol. The smallest absolute Gasteiger partial charge is 0.482 e. The van der Waals surface area contributed by atoms with Crippen molar-refractivity contribution in [3.8, 4) is 11.5 Å².